The molecular formula is C14H30N2O2. The number of methoxy groups -OCH3 is 1. The first kappa shape index (κ1) is 15.9. The highest BCUT2D eigenvalue weighted by Gasteiger charge is 2.28. The molecule has 0 aliphatic carbocycles. The highest BCUT2D eigenvalue weighted by atomic mass is 16.5. The van der Waals surface area contributed by atoms with Crippen molar-refractivity contribution in [2.75, 3.05) is 26.8 Å². The average molecular weight is 258 g/mol. The molecule has 1 aliphatic heterocycles. The molecule has 0 aromatic rings. The van der Waals surface area contributed by atoms with E-state index in [4.69, 9.17) is 15.2 Å². The largest absolute Gasteiger partial charge is 0.379 e. The summed E-state index contributed by atoms with van der Waals surface area (Å²) in [4.78, 5) is 2.44. The lowest BCUT2D eigenvalue weighted by molar-refractivity contribution is -0.0555. The van der Waals surface area contributed by atoms with E-state index in [0.29, 0.717) is 6.04 Å². The molecule has 0 bridgehead atoms. The molecule has 1 rings (SSSR count). The predicted molar refractivity (Wildman–Crippen MR) is 74.7 cm³/mol. The normalized spacial score (nSPS) is 24.5. The van der Waals surface area contributed by atoms with Crippen molar-refractivity contribution < 1.29 is 9.47 Å². The van der Waals surface area contributed by atoms with Gasteiger partial charge in [0.05, 0.1) is 18.3 Å². The standard InChI is InChI=1S/C14H30N2O2/c1-11(2)16-8-9-18-13(10-16)12(15)6-7-14(3,4)17-5/h11-13H,6-10,15H2,1-5H3. The maximum absolute atomic E-state index is 6.27. The van der Waals surface area contributed by atoms with E-state index in [2.05, 4.69) is 32.6 Å². The summed E-state index contributed by atoms with van der Waals surface area (Å²) in [7, 11) is 1.75. The molecule has 0 aromatic carbocycles. The highest BCUT2D eigenvalue weighted by molar-refractivity contribution is 4.83. The van der Waals surface area contributed by atoms with Gasteiger partial charge < -0.3 is 15.2 Å². The predicted octanol–water partition coefficient (Wildman–Crippen LogP) is 1.63. The van der Waals surface area contributed by atoms with Crippen LogP contribution in [0, 0.1) is 0 Å². The Morgan fingerprint density at radius 1 is 1.44 bits per heavy atom. The molecule has 4 nitrogen and oxygen atoms in total. The third kappa shape index (κ3) is 4.84. The van der Waals surface area contributed by atoms with Crippen molar-refractivity contribution in [3.8, 4) is 0 Å². The topological polar surface area (TPSA) is 47.7 Å². The molecule has 18 heavy (non-hydrogen) atoms. The molecule has 1 saturated heterocycles. The van der Waals surface area contributed by atoms with Crippen molar-refractivity contribution in [1.82, 2.24) is 4.90 Å². The van der Waals surface area contributed by atoms with Crippen molar-refractivity contribution in [2.45, 2.75) is 64.3 Å². The Bertz CT molecular complexity index is 244. The number of nitrogens with zero attached hydrogens (tertiary/aromatic N) is 1. The fourth-order valence-electron chi connectivity index (χ4n) is 2.23. The average Bonchev–Trinajstić information content (AvgIpc) is 2.36. The van der Waals surface area contributed by atoms with Crippen LogP contribution in [-0.4, -0.2) is 55.5 Å². The van der Waals surface area contributed by atoms with E-state index >= 15 is 0 Å². The number of hydrogen-bond acceptors (Lipinski definition) is 4. The second kappa shape index (κ2) is 6.85. The van der Waals surface area contributed by atoms with Gasteiger partial charge in [0.15, 0.2) is 0 Å². The molecule has 0 radical (unpaired) electrons. The van der Waals surface area contributed by atoms with E-state index in [9.17, 15) is 0 Å². The molecule has 0 aromatic heterocycles. The molecule has 0 spiro atoms. The van der Waals surface area contributed by atoms with E-state index in [-0.39, 0.29) is 17.7 Å². The second-order valence-electron chi connectivity index (χ2n) is 6.16. The molecule has 0 amide bonds. The van der Waals surface area contributed by atoms with Crippen molar-refractivity contribution in [3.63, 3.8) is 0 Å². The third-order valence-electron chi connectivity index (χ3n) is 3.97. The van der Waals surface area contributed by atoms with Crippen LogP contribution in [0.25, 0.3) is 0 Å². The number of ether oxygens (including phenoxy) is 2. The second-order valence-corrected chi connectivity index (χ2v) is 6.16. The van der Waals surface area contributed by atoms with Crippen molar-refractivity contribution in [3.05, 3.63) is 0 Å². The van der Waals surface area contributed by atoms with Crippen molar-refractivity contribution in [1.29, 1.82) is 0 Å². The lowest BCUT2D eigenvalue weighted by Crippen LogP contribution is -2.52. The summed E-state index contributed by atoms with van der Waals surface area (Å²) < 4.78 is 11.2. The van der Waals surface area contributed by atoms with Gasteiger partial charge in [-0.15, -0.1) is 0 Å². The molecule has 1 aliphatic rings. The molecule has 2 atom stereocenters. The van der Waals surface area contributed by atoms with Crippen LogP contribution in [0.3, 0.4) is 0 Å². The van der Waals surface area contributed by atoms with Crippen molar-refractivity contribution >= 4 is 0 Å². The van der Waals surface area contributed by atoms with Gasteiger partial charge in [-0.3, -0.25) is 4.90 Å². The Kier molecular flexibility index (Phi) is 6.05. The Morgan fingerprint density at radius 3 is 2.67 bits per heavy atom. The summed E-state index contributed by atoms with van der Waals surface area (Å²) in [5.74, 6) is 0. The van der Waals surface area contributed by atoms with Crippen LogP contribution in [0.4, 0.5) is 0 Å². The third-order valence-corrected chi connectivity index (χ3v) is 3.97. The van der Waals surface area contributed by atoms with Crippen LogP contribution in [0.15, 0.2) is 0 Å². The Labute approximate surface area is 112 Å². The fraction of sp³-hybridized carbons (Fsp3) is 1.00. The Balaban J connectivity index is 2.39. The lowest BCUT2D eigenvalue weighted by atomic mass is 9.96. The molecule has 2 unspecified atom stereocenters. The monoisotopic (exact) mass is 258 g/mol. The first-order chi connectivity index (χ1) is 8.35. The van der Waals surface area contributed by atoms with E-state index in [1.165, 1.54) is 0 Å². The molecule has 2 N–H and O–H groups in total. The molecule has 1 heterocycles. The van der Waals surface area contributed by atoms with Gasteiger partial charge in [0.2, 0.25) is 0 Å². The SMILES string of the molecule is COC(C)(C)CCC(N)C1CN(C(C)C)CCO1. The zero-order valence-electron chi connectivity index (χ0n) is 12.6. The molecule has 4 heteroatoms. The summed E-state index contributed by atoms with van der Waals surface area (Å²) in [5.41, 5.74) is 6.17. The quantitative estimate of drug-likeness (QED) is 0.786. The highest BCUT2D eigenvalue weighted by Crippen LogP contribution is 2.19. The summed E-state index contributed by atoms with van der Waals surface area (Å²) >= 11 is 0. The first-order valence-electron chi connectivity index (χ1n) is 7.02. The molecule has 1 fully saturated rings. The van der Waals surface area contributed by atoms with Crippen LogP contribution >= 0.6 is 0 Å². The summed E-state index contributed by atoms with van der Waals surface area (Å²) in [6.07, 6.45) is 2.07. The van der Waals surface area contributed by atoms with E-state index in [1.54, 1.807) is 7.11 Å². The van der Waals surface area contributed by atoms with Crippen molar-refractivity contribution in [2.24, 2.45) is 5.73 Å². The minimum atomic E-state index is -0.0932. The van der Waals surface area contributed by atoms with Crippen LogP contribution in [-0.2, 0) is 9.47 Å². The van der Waals surface area contributed by atoms with Gasteiger partial charge in [-0.1, -0.05) is 0 Å². The van der Waals surface area contributed by atoms with E-state index in [1.807, 2.05) is 0 Å². The van der Waals surface area contributed by atoms with Gasteiger partial charge >= 0.3 is 0 Å². The maximum Gasteiger partial charge on any atom is 0.0853 e. The van der Waals surface area contributed by atoms with Gasteiger partial charge in [-0.2, -0.15) is 0 Å². The van der Waals surface area contributed by atoms with Gasteiger partial charge in [-0.05, 0) is 40.5 Å². The molecule has 108 valence electrons. The van der Waals surface area contributed by atoms with Crippen LogP contribution in [0.5, 0.6) is 0 Å². The summed E-state index contributed by atoms with van der Waals surface area (Å²) in [5, 5.41) is 0. The molecular weight excluding hydrogens is 228 g/mol. The minimum absolute atomic E-state index is 0.0932. The zero-order valence-corrected chi connectivity index (χ0v) is 12.6. The number of hydrogen-bond donors (Lipinski definition) is 1. The minimum Gasteiger partial charge on any atom is -0.379 e. The Hall–Kier alpha value is -0.160. The van der Waals surface area contributed by atoms with Crippen LogP contribution in [0.1, 0.15) is 40.5 Å². The number of morpholine rings is 1. The van der Waals surface area contributed by atoms with E-state index in [0.717, 1.165) is 32.5 Å². The van der Waals surface area contributed by atoms with Gasteiger partial charge in [0.25, 0.3) is 0 Å². The number of rotatable bonds is 6. The summed E-state index contributed by atoms with van der Waals surface area (Å²) in [6.45, 7) is 11.4. The van der Waals surface area contributed by atoms with Crippen LogP contribution in [0.2, 0.25) is 0 Å². The van der Waals surface area contributed by atoms with Crippen LogP contribution < -0.4 is 5.73 Å². The maximum atomic E-state index is 6.27. The van der Waals surface area contributed by atoms with Gasteiger partial charge in [-0.25, -0.2) is 0 Å². The van der Waals surface area contributed by atoms with E-state index < -0.39 is 0 Å². The first-order valence-corrected chi connectivity index (χ1v) is 7.02. The zero-order chi connectivity index (χ0) is 13.8. The lowest BCUT2D eigenvalue weighted by Gasteiger charge is -2.38. The fourth-order valence-corrected chi connectivity index (χ4v) is 2.23. The van der Waals surface area contributed by atoms with Gasteiger partial charge in [0.1, 0.15) is 0 Å². The van der Waals surface area contributed by atoms with Gasteiger partial charge in [0, 0.05) is 32.3 Å². The smallest absolute Gasteiger partial charge is 0.0853 e. The number of nitrogens with two attached hydrogens (primary N) is 1. The summed E-state index contributed by atoms with van der Waals surface area (Å²) in [6, 6.07) is 0.667. The molecule has 0 saturated carbocycles. The Morgan fingerprint density at radius 2 is 2.11 bits per heavy atom.